The van der Waals surface area contributed by atoms with Gasteiger partial charge < -0.3 is 5.11 Å². The first-order valence-corrected chi connectivity index (χ1v) is 7.37. The summed E-state index contributed by atoms with van der Waals surface area (Å²) in [4.78, 5) is 25.0. The summed E-state index contributed by atoms with van der Waals surface area (Å²) in [6.45, 7) is 4.31. The Labute approximate surface area is 126 Å². The molecule has 0 radical (unpaired) electrons. The van der Waals surface area contributed by atoms with E-state index in [1.54, 1.807) is 10.3 Å². The Kier molecular flexibility index (Phi) is 4.59. The van der Waals surface area contributed by atoms with Gasteiger partial charge in [0, 0.05) is 12.2 Å². The van der Waals surface area contributed by atoms with Crippen molar-refractivity contribution in [2.75, 3.05) is 16.8 Å². The van der Waals surface area contributed by atoms with E-state index >= 15 is 0 Å². The first kappa shape index (κ1) is 15.1. The quantitative estimate of drug-likeness (QED) is 0.902. The van der Waals surface area contributed by atoms with Crippen molar-refractivity contribution >= 4 is 34.0 Å². The third-order valence-electron chi connectivity index (χ3n) is 2.99. The molecule has 5 nitrogen and oxygen atoms in total. The van der Waals surface area contributed by atoms with Crippen LogP contribution < -0.4 is 10.2 Å². The van der Waals surface area contributed by atoms with E-state index in [4.69, 9.17) is 5.11 Å². The molecule has 2 amide bonds. The molecule has 0 fully saturated rings. The van der Waals surface area contributed by atoms with Crippen molar-refractivity contribution in [2.45, 2.75) is 13.8 Å². The summed E-state index contributed by atoms with van der Waals surface area (Å²) in [5.74, 6) is -1.05. The zero-order valence-electron chi connectivity index (χ0n) is 11.8. The number of rotatable bonds is 4. The maximum atomic E-state index is 12.4. The fraction of sp³-hybridized carbons (Fsp3) is 0.200. The summed E-state index contributed by atoms with van der Waals surface area (Å²) in [7, 11) is 0. The molecule has 1 heterocycles. The third kappa shape index (κ3) is 3.41. The number of anilines is 2. The minimum absolute atomic E-state index is 0.105. The molecular formula is C15H16N2O3S. The number of nitrogens with zero attached hydrogens (tertiary/aromatic N) is 1. The molecule has 0 saturated heterocycles. The monoisotopic (exact) mass is 304 g/mol. The lowest BCUT2D eigenvalue weighted by atomic mass is 10.2. The summed E-state index contributed by atoms with van der Waals surface area (Å²) < 4.78 is 0. The molecule has 110 valence electrons. The number of aryl methyl sites for hydroxylation is 1. The van der Waals surface area contributed by atoms with Gasteiger partial charge in [0.05, 0.1) is 5.56 Å². The molecule has 2 aromatic rings. The summed E-state index contributed by atoms with van der Waals surface area (Å²) in [5.41, 5.74) is 1.94. The molecule has 6 heteroatoms. The maximum absolute atomic E-state index is 12.4. The van der Waals surface area contributed by atoms with Crippen molar-refractivity contribution in [1.82, 2.24) is 0 Å². The molecule has 2 rings (SSSR count). The zero-order chi connectivity index (χ0) is 15.4. The lowest BCUT2D eigenvalue weighted by Gasteiger charge is -2.21. The molecule has 0 aliphatic rings. The largest absolute Gasteiger partial charge is 0.478 e. The molecule has 0 aliphatic heterocycles. The van der Waals surface area contributed by atoms with E-state index < -0.39 is 5.97 Å². The highest BCUT2D eigenvalue weighted by molar-refractivity contribution is 7.14. The summed E-state index contributed by atoms with van der Waals surface area (Å²) in [6.07, 6.45) is 0. The molecule has 0 spiro atoms. The average Bonchev–Trinajstić information content (AvgIpc) is 2.88. The van der Waals surface area contributed by atoms with Crippen LogP contribution in [0, 0.1) is 6.92 Å². The number of amides is 2. The molecule has 0 saturated carbocycles. The molecule has 21 heavy (non-hydrogen) atoms. The van der Waals surface area contributed by atoms with E-state index in [9.17, 15) is 9.59 Å². The molecule has 2 N–H and O–H groups in total. The lowest BCUT2D eigenvalue weighted by molar-refractivity contribution is 0.0698. The molecule has 0 unspecified atom stereocenters. The first-order chi connectivity index (χ1) is 10.0. The van der Waals surface area contributed by atoms with E-state index in [1.807, 2.05) is 38.1 Å². The Bertz CT molecular complexity index is 666. The fourth-order valence-corrected chi connectivity index (χ4v) is 2.75. The van der Waals surface area contributed by atoms with Crippen molar-refractivity contribution < 1.29 is 14.7 Å². The Morgan fingerprint density at radius 3 is 2.71 bits per heavy atom. The second-order valence-electron chi connectivity index (χ2n) is 4.48. The number of carbonyl (C=O) groups is 2. The number of carbonyl (C=O) groups excluding carboxylic acids is 1. The predicted molar refractivity (Wildman–Crippen MR) is 84.5 cm³/mol. The molecule has 1 aromatic heterocycles. The molecule has 1 aromatic carbocycles. The van der Waals surface area contributed by atoms with Crippen LogP contribution in [0.3, 0.4) is 0 Å². The van der Waals surface area contributed by atoms with Crippen molar-refractivity contribution in [3.63, 3.8) is 0 Å². The van der Waals surface area contributed by atoms with Gasteiger partial charge in [-0.3, -0.25) is 10.2 Å². The smallest absolute Gasteiger partial charge is 0.338 e. The average molecular weight is 304 g/mol. The van der Waals surface area contributed by atoms with E-state index in [0.29, 0.717) is 11.5 Å². The van der Waals surface area contributed by atoms with Gasteiger partial charge >= 0.3 is 12.0 Å². The van der Waals surface area contributed by atoms with Crippen LogP contribution in [0.15, 0.2) is 35.7 Å². The van der Waals surface area contributed by atoms with Crippen LogP contribution in [0.1, 0.15) is 22.8 Å². The van der Waals surface area contributed by atoms with Gasteiger partial charge in [-0.25, -0.2) is 9.59 Å². The van der Waals surface area contributed by atoms with Crippen LogP contribution in [0.4, 0.5) is 15.5 Å². The van der Waals surface area contributed by atoms with Crippen LogP contribution in [0.25, 0.3) is 0 Å². The Hall–Kier alpha value is -2.34. The van der Waals surface area contributed by atoms with Crippen LogP contribution in [-0.2, 0) is 0 Å². The summed E-state index contributed by atoms with van der Waals surface area (Å²) in [5, 5.41) is 13.7. The number of hydrogen-bond acceptors (Lipinski definition) is 3. The Morgan fingerprint density at radius 1 is 1.33 bits per heavy atom. The standard InChI is InChI=1S/C15H16N2O3S/c1-3-17(11-6-4-5-10(2)9-11)15(20)16-13-12(14(18)19)7-8-21-13/h4-9H,3H2,1-2H3,(H,16,20)(H,18,19). The van der Waals surface area contributed by atoms with Crippen molar-refractivity contribution in [2.24, 2.45) is 0 Å². The lowest BCUT2D eigenvalue weighted by Crippen LogP contribution is -2.34. The van der Waals surface area contributed by atoms with Gasteiger partial charge in [-0.05, 0) is 43.0 Å². The second-order valence-corrected chi connectivity index (χ2v) is 5.40. The van der Waals surface area contributed by atoms with Crippen LogP contribution in [0.5, 0.6) is 0 Å². The number of aromatic carboxylic acids is 1. The van der Waals surface area contributed by atoms with Crippen molar-refractivity contribution in [3.8, 4) is 0 Å². The normalized spacial score (nSPS) is 10.2. The summed E-state index contributed by atoms with van der Waals surface area (Å²) in [6, 6.07) is 8.74. The maximum Gasteiger partial charge on any atom is 0.338 e. The first-order valence-electron chi connectivity index (χ1n) is 6.49. The van der Waals surface area contributed by atoms with Gasteiger partial charge in [0.25, 0.3) is 0 Å². The van der Waals surface area contributed by atoms with Gasteiger partial charge in [-0.15, -0.1) is 11.3 Å². The van der Waals surface area contributed by atoms with Gasteiger partial charge in [0.1, 0.15) is 5.00 Å². The second kappa shape index (κ2) is 6.41. The highest BCUT2D eigenvalue weighted by Gasteiger charge is 2.18. The van der Waals surface area contributed by atoms with Gasteiger partial charge in [-0.1, -0.05) is 12.1 Å². The van der Waals surface area contributed by atoms with E-state index in [0.717, 1.165) is 11.3 Å². The highest BCUT2D eigenvalue weighted by Crippen LogP contribution is 2.24. The number of hydrogen-bond donors (Lipinski definition) is 2. The summed E-state index contributed by atoms with van der Waals surface area (Å²) >= 11 is 1.19. The van der Waals surface area contributed by atoms with Gasteiger partial charge in [0.15, 0.2) is 0 Å². The number of carboxylic acids is 1. The third-order valence-corrected chi connectivity index (χ3v) is 3.82. The number of thiophene rings is 1. The van der Waals surface area contributed by atoms with Crippen LogP contribution in [0.2, 0.25) is 0 Å². The number of nitrogens with one attached hydrogen (secondary N) is 1. The fourth-order valence-electron chi connectivity index (χ4n) is 1.98. The van der Waals surface area contributed by atoms with E-state index in [2.05, 4.69) is 5.32 Å². The van der Waals surface area contributed by atoms with E-state index in [-0.39, 0.29) is 11.6 Å². The molecule has 0 atom stereocenters. The van der Waals surface area contributed by atoms with Crippen LogP contribution in [-0.4, -0.2) is 23.7 Å². The SMILES string of the molecule is CCN(C(=O)Nc1sccc1C(=O)O)c1cccc(C)c1. The predicted octanol–water partition coefficient (Wildman–Crippen LogP) is 3.81. The van der Waals surface area contributed by atoms with Crippen LogP contribution >= 0.6 is 11.3 Å². The minimum Gasteiger partial charge on any atom is -0.478 e. The highest BCUT2D eigenvalue weighted by atomic mass is 32.1. The Balaban J connectivity index is 2.21. The Morgan fingerprint density at radius 2 is 2.10 bits per heavy atom. The number of carboxylic acid groups (broad SMARTS) is 1. The number of benzene rings is 1. The molecule has 0 aliphatic carbocycles. The van der Waals surface area contributed by atoms with Gasteiger partial charge in [0.2, 0.25) is 0 Å². The van der Waals surface area contributed by atoms with Crippen molar-refractivity contribution in [1.29, 1.82) is 0 Å². The number of urea groups is 1. The molecular weight excluding hydrogens is 288 g/mol. The van der Waals surface area contributed by atoms with E-state index in [1.165, 1.54) is 17.4 Å². The topological polar surface area (TPSA) is 69.6 Å². The zero-order valence-corrected chi connectivity index (χ0v) is 12.6. The minimum atomic E-state index is -1.05. The van der Waals surface area contributed by atoms with Crippen molar-refractivity contribution in [3.05, 3.63) is 46.8 Å². The van der Waals surface area contributed by atoms with Gasteiger partial charge in [-0.2, -0.15) is 0 Å². The molecule has 0 bridgehead atoms.